The fourth-order valence-corrected chi connectivity index (χ4v) is 20.8. The summed E-state index contributed by atoms with van der Waals surface area (Å²) in [4.78, 5) is 0. The van der Waals surface area contributed by atoms with Crippen LogP contribution in [0.15, 0.2) is 121 Å². The van der Waals surface area contributed by atoms with Crippen LogP contribution in [0, 0.1) is 68.5 Å². The maximum Gasteiger partial charge on any atom is 0.205 e. The van der Waals surface area contributed by atoms with Crippen molar-refractivity contribution >= 4 is 0 Å². The molecule has 118 heavy (non-hydrogen) atoms. The Kier molecular flexibility index (Phi) is 37.3. The molecule has 10 heteroatoms. The molecule has 0 radical (unpaired) electrons. The molecule has 0 N–H and O–H groups in total. The molecule has 662 valence electrons. The third-order valence-corrected chi connectivity index (χ3v) is 28.2. The predicted molar refractivity (Wildman–Crippen MR) is 492 cm³/mol. The largest absolute Gasteiger partial charge is 0.464 e. The Morgan fingerprint density at radius 3 is 0.881 bits per heavy atom. The Labute approximate surface area is 721 Å². The van der Waals surface area contributed by atoms with E-state index in [0.717, 1.165) is 96.0 Å². The van der Waals surface area contributed by atoms with Crippen molar-refractivity contribution in [3.63, 3.8) is 0 Å². The predicted octanol–water partition coefficient (Wildman–Crippen LogP) is 30.9. The van der Waals surface area contributed by atoms with Gasteiger partial charge in [-0.3, -0.25) is 0 Å². The van der Waals surface area contributed by atoms with E-state index in [2.05, 4.69) is 242 Å². The molecule has 0 saturated heterocycles. The summed E-state index contributed by atoms with van der Waals surface area (Å²) in [5, 5.41) is 0. The molecular formula is C108H170O10. The Bertz CT molecular complexity index is 3510. The number of hydrogen-bond acceptors (Lipinski definition) is 10. The van der Waals surface area contributed by atoms with Crippen LogP contribution in [0.1, 0.15) is 396 Å². The first-order valence-corrected chi connectivity index (χ1v) is 48.1. The van der Waals surface area contributed by atoms with Crippen molar-refractivity contribution in [2.75, 3.05) is 13.7 Å². The van der Waals surface area contributed by atoms with Crippen molar-refractivity contribution < 1.29 is 47.4 Å². The molecule has 10 atom stereocenters. The van der Waals surface area contributed by atoms with Gasteiger partial charge in [0, 0.05) is 34.2 Å². The van der Waals surface area contributed by atoms with Crippen molar-refractivity contribution in [3.8, 4) is 28.7 Å². The Morgan fingerprint density at radius 1 is 0.322 bits per heavy atom. The maximum atomic E-state index is 6.73. The van der Waals surface area contributed by atoms with Gasteiger partial charge in [-0.25, -0.2) is 0 Å². The lowest BCUT2D eigenvalue weighted by Crippen LogP contribution is -2.54. The lowest BCUT2D eigenvalue weighted by Gasteiger charge is -2.58. The standard InChI is InChI=1S/C29H44O2.C24H36O2.C21H34O2.C18H30O2.C16H26O2/c1-3-21(2)26-9-11-27(12-10-26)31-28(30-14-13-22-7-5-4-6-8-22)29-18-23-15-24(19-29)17-25(16-23)20-29;1-5-17(4)21-6-8-22(9-7-21)26-23(25-16(2)3)24-13-18-10-19(14-24)12-20(11-18)15-24;1-6-16(2)17-12-14-19(15-13-17)23-20(21(3,4)5)22-18-10-8-7-9-11-18;1-8-14(4)15-9-11-16(12-10-15)20-17(18(5,6)7)19-13(2)3;1-7-12(2)13-8-10-14(11-9-13)18-15(17-6)16(3,4)5/h9-12,21-25,28H,3-8,13-20H2,1-2H3;6-9,16-20,23H,5,10-15H2,1-4H3;12-16,18,20H,6-11H2,1-5H3;9-14,17H,8H2,1-7H3;8-12,15H,7H2,1-6H3. The minimum absolute atomic E-state index is 0.0349. The zero-order chi connectivity index (χ0) is 85.5. The number of methoxy groups -OCH3 is 1. The van der Waals surface area contributed by atoms with Crippen LogP contribution >= 0.6 is 0 Å². The highest BCUT2D eigenvalue weighted by molar-refractivity contribution is 5.34. The zero-order valence-electron chi connectivity index (χ0n) is 79.2. The summed E-state index contributed by atoms with van der Waals surface area (Å²) in [5.74, 6) is 14.0. The first kappa shape index (κ1) is 96.7. The molecule has 0 aliphatic heterocycles. The van der Waals surface area contributed by atoms with Gasteiger partial charge in [0.2, 0.25) is 31.5 Å². The third kappa shape index (κ3) is 29.0. The summed E-state index contributed by atoms with van der Waals surface area (Å²) >= 11 is 0. The molecule has 10 aliphatic rings. The van der Waals surface area contributed by atoms with Gasteiger partial charge in [-0.05, 0) is 316 Å². The highest BCUT2D eigenvalue weighted by atomic mass is 16.7. The van der Waals surface area contributed by atoms with E-state index in [-0.39, 0.29) is 70.7 Å². The number of rotatable bonds is 33. The van der Waals surface area contributed by atoms with E-state index in [1.54, 1.807) is 7.11 Å². The van der Waals surface area contributed by atoms with Gasteiger partial charge < -0.3 is 47.4 Å². The van der Waals surface area contributed by atoms with E-state index in [0.29, 0.717) is 35.7 Å². The van der Waals surface area contributed by atoms with Gasteiger partial charge in [-0.1, -0.05) is 244 Å². The molecule has 10 saturated carbocycles. The molecule has 5 aromatic rings. The number of ether oxygens (including phenoxy) is 10. The zero-order valence-corrected chi connectivity index (χ0v) is 79.2. The monoisotopic (exact) mass is 1630 g/mol. The molecular weight excluding hydrogens is 1460 g/mol. The second kappa shape index (κ2) is 45.5. The summed E-state index contributed by atoms with van der Waals surface area (Å²) in [6.45, 7) is 51.0. The van der Waals surface area contributed by atoms with Crippen LogP contribution in [0.4, 0.5) is 0 Å². The first-order valence-electron chi connectivity index (χ1n) is 48.1. The molecule has 0 aromatic heterocycles. The molecule has 15 rings (SSSR count). The highest BCUT2D eigenvalue weighted by Crippen LogP contribution is 2.64. The van der Waals surface area contributed by atoms with Gasteiger partial charge in [0.15, 0.2) is 0 Å². The average Bonchev–Trinajstić information content (AvgIpc) is 0.741. The summed E-state index contributed by atoms with van der Waals surface area (Å²) in [6, 6.07) is 43.0. The van der Waals surface area contributed by atoms with Crippen LogP contribution in [0.3, 0.4) is 0 Å². The average molecular weight is 1630 g/mol. The van der Waals surface area contributed by atoms with Crippen molar-refractivity contribution in [1.82, 2.24) is 0 Å². The molecule has 0 spiro atoms. The van der Waals surface area contributed by atoms with E-state index in [1.807, 2.05) is 38.1 Å². The second-order valence-corrected chi connectivity index (χ2v) is 42.5. The molecule has 10 fully saturated rings. The van der Waals surface area contributed by atoms with Crippen LogP contribution in [-0.2, 0) is 23.7 Å². The highest BCUT2D eigenvalue weighted by Gasteiger charge is 2.58. The van der Waals surface area contributed by atoms with Crippen LogP contribution in [0.2, 0.25) is 0 Å². The lowest BCUT2D eigenvalue weighted by atomic mass is 9.49. The van der Waals surface area contributed by atoms with Crippen molar-refractivity contribution in [2.45, 2.75) is 418 Å². The molecule has 10 aliphatic carbocycles. The van der Waals surface area contributed by atoms with Crippen molar-refractivity contribution in [3.05, 3.63) is 149 Å². The van der Waals surface area contributed by atoms with Crippen LogP contribution in [0.5, 0.6) is 28.7 Å². The molecule has 0 amide bonds. The van der Waals surface area contributed by atoms with E-state index in [9.17, 15) is 0 Å². The minimum Gasteiger partial charge on any atom is -0.464 e. The Morgan fingerprint density at radius 2 is 0.593 bits per heavy atom. The Hall–Kier alpha value is -5.10. The molecule has 0 heterocycles. The molecule has 8 bridgehead atoms. The second-order valence-electron chi connectivity index (χ2n) is 42.5. The van der Waals surface area contributed by atoms with Crippen LogP contribution < -0.4 is 23.7 Å². The summed E-state index contributed by atoms with van der Waals surface area (Å²) in [6.07, 6.45) is 37.0. The minimum atomic E-state index is -0.239. The van der Waals surface area contributed by atoms with Crippen LogP contribution in [0.25, 0.3) is 0 Å². The fraction of sp³-hybridized carbons (Fsp3) is 0.722. The molecule has 10 unspecified atom stereocenters. The number of hydrogen-bond donors (Lipinski definition) is 0. The summed E-state index contributed by atoms with van der Waals surface area (Å²) in [5.41, 5.74) is 7.28. The molecule has 10 nitrogen and oxygen atoms in total. The van der Waals surface area contributed by atoms with Gasteiger partial charge in [0.25, 0.3) is 0 Å². The van der Waals surface area contributed by atoms with Crippen molar-refractivity contribution in [1.29, 1.82) is 0 Å². The van der Waals surface area contributed by atoms with Crippen LogP contribution in [-0.4, -0.2) is 63.5 Å². The van der Waals surface area contributed by atoms with Gasteiger partial charge in [-0.15, -0.1) is 0 Å². The van der Waals surface area contributed by atoms with Gasteiger partial charge >= 0.3 is 0 Å². The van der Waals surface area contributed by atoms with Crippen molar-refractivity contribution in [2.24, 2.45) is 68.5 Å². The maximum absolute atomic E-state index is 6.73. The Balaban J connectivity index is 0.000000171. The fourth-order valence-electron chi connectivity index (χ4n) is 20.8. The lowest BCUT2D eigenvalue weighted by molar-refractivity contribution is -0.227. The smallest absolute Gasteiger partial charge is 0.205 e. The van der Waals surface area contributed by atoms with Gasteiger partial charge in [0.05, 0.1) is 24.9 Å². The SMILES string of the molecule is CCC(C)c1ccc(OC(OC(C)C)C(C)(C)C)cc1.CCC(C)c1ccc(OC(OC(C)C)C23CC4CC(CC(C4)C2)C3)cc1.CCC(C)c1ccc(OC(OC)C(C)(C)C)cc1.CCC(C)c1ccc(OC(OC2CCCCC2)C(C)(C)C)cc1.CCC(C)c1ccc(OC(OCCC2CCCCC2)C23CC4CC(CC(C4)C2)C3)cc1. The number of benzene rings is 5. The summed E-state index contributed by atoms with van der Waals surface area (Å²) < 4.78 is 62.2. The quantitative estimate of drug-likeness (QED) is 0.0378. The van der Waals surface area contributed by atoms with E-state index in [1.165, 1.54) is 188 Å². The van der Waals surface area contributed by atoms with E-state index in [4.69, 9.17) is 47.4 Å². The van der Waals surface area contributed by atoms with Gasteiger partial charge in [0.1, 0.15) is 28.7 Å². The summed E-state index contributed by atoms with van der Waals surface area (Å²) in [7, 11) is 1.68. The van der Waals surface area contributed by atoms with E-state index >= 15 is 0 Å². The van der Waals surface area contributed by atoms with Gasteiger partial charge in [-0.2, -0.15) is 0 Å². The normalized spacial score (nSPS) is 25.4. The topological polar surface area (TPSA) is 92.3 Å². The molecule has 5 aromatic carbocycles. The first-order chi connectivity index (χ1) is 56.1. The third-order valence-electron chi connectivity index (χ3n) is 28.2. The van der Waals surface area contributed by atoms with E-state index < -0.39 is 0 Å².